The SMILES string of the molecule is COc1ccc(-n2nnnc2SCc2cc(Cl)cc3c2OCOC3)cc1. The third-order valence-corrected chi connectivity index (χ3v) is 5.05. The zero-order chi connectivity index (χ0) is 17.9. The predicted molar refractivity (Wildman–Crippen MR) is 97.0 cm³/mol. The van der Waals surface area contributed by atoms with Gasteiger partial charge in [0, 0.05) is 21.9 Å². The van der Waals surface area contributed by atoms with Gasteiger partial charge in [-0.05, 0) is 46.8 Å². The summed E-state index contributed by atoms with van der Waals surface area (Å²) in [4.78, 5) is 0. The molecule has 0 saturated carbocycles. The summed E-state index contributed by atoms with van der Waals surface area (Å²) in [5, 5.41) is 13.3. The summed E-state index contributed by atoms with van der Waals surface area (Å²) in [7, 11) is 1.63. The Morgan fingerprint density at radius 1 is 1.27 bits per heavy atom. The monoisotopic (exact) mass is 390 g/mol. The molecule has 0 bridgehead atoms. The summed E-state index contributed by atoms with van der Waals surface area (Å²) in [6, 6.07) is 11.3. The van der Waals surface area contributed by atoms with E-state index in [1.54, 1.807) is 11.8 Å². The van der Waals surface area contributed by atoms with E-state index in [0.29, 0.717) is 22.5 Å². The third-order valence-electron chi connectivity index (χ3n) is 3.87. The number of rotatable bonds is 5. The van der Waals surface area contributed by atoms with Gasteiger partial charge < -0.3 is 14.2 Å². The first kappa shape index (κ1) is 17.1. The summed E-state index contributed by atoms with van der Waals surface area (Å²) in [5.74, 6) is 2.23. The highest BCUT2D eigenvalue weighted by atomic mass is 35.5. The molecule has 0 spiro atoms. The molecule has 1 aliphatic rings. The topological polar surface area (TPSA) is 71.3 Å². The lowest BCUT2D eigenvalue weighted by molar-refractivity contribution is -0.0168. The van der Waals surface area contributed by atoms with Gasteiger partial charge in [0.1, 0.15) is 11.5 Å². The lowest BCUT2D eigenvalue weighted by Gasteiger charge is -2.20. The van der Waals surface area contributed by atoms with E-state index >= 15 is 0 Å². The zero-order valence-electron chi connectivity index (χ0n) is 13.9. The number of fused-ring (bicyclic) bond motifs is 1. The standard InChI is InChI=1S/C17H15ClN4O3S/c1-23-15-4-2-14(3-5-15)22-17(19-20-21-22)26-9-12-7-13(18)6-11-8-24-10-25-16(11)12/h2-7H,8-10H2,1H3. The first-order valence-electron chi connectivity index (χ1n) is 7.82. The van der Waals surface area contributed by atoms with Crippen molar-refractivity contribution in [2.75, 3.05) is 13.9 Å². The largest absolute Gasteiger partial charge is 0.497 e. The average Bonchev–Trinajstić information content (AvgIpc) is 3.14. The molecule has 0 fully saturated rings. The number of nitrogens with zero attached hydrogens (tertiary/aromatic N) is 4. The molecule has 26 heavy (non-hydrogen) atoms. The van der Waals surface area contributed by atoms with Crippen molar-refractivity contribution in [3.05, 3.63) is 52.5 Å². The second kappa shape index (κ2) is 7.53. The van der Waals surface area contributed by atoms with Gasteiger partial charge in [-0.15, -0.1) is 5.10 Å². The van der Waals surface area contributed by atoms with Crippen molar-refractivity contribution in [2.45, 2.75) is 17.5 Å². The van der Waals surface area contributed by atoms with Crippen LogP contribution in [-0.4, -0.2) is 34.1 Å². The molecule has 2 heterocycles. The number of hydrogen-bond acceptors (Lipinski definition) is 7. The van der Waals surface area contributed by atoms with Gasteiger partial charge in [-0.1, -0.05) is 23.4 Å². The van der Waals surface area contributed by atoms with Crippen molar-refractivity contribution < 1.29 is 14.2 Å². The molecule has 1 aromatic heterocycles. The first-order chi connectivity index (χ1) is 12.7. The Kier molecular flexibility index (Phi) is 4.96. The van der Waals surface area contributed by atoms with Crippen LogP contribution in [0.3, 0.4) is 0 Å². The van der Waals surface area contributed by atoms with Crippen molar-refractivity contribution in [2.24, 2.45) is 0 Å². The predicted octanol–water partition coefficient (Wildman–Crippen LogP) is 3.48. The van der Waals surface area contributed by atoms with Crippen molar-refractivity contribution in [1.82, 2.24) is 20.2 Å². The Labute approximate surface area is 159 Å². The number of tetrazole rings is 1. The maximum absolute atomic E-state index is 6.22. The molecule has 4 rings (SSSR count). The highest BCUT2D eigenvalue weighted by Crippen LogP contribution is 2.35. The molecular weight excluding hydrogens is 376 g/mol. The third kappa shape index (κ3) is 3.48. The molecule has 2 aromatic carbocycles. The van der Waals surface area contributed by atoms with Crippen LogP contribution in [0.2, 0.25) is 5.02 Å². The molecule has 0 unspecified atom stereocenters. The lowest BCUT2D eigenvalue weighted by atomic mass is 10.1. The van der Waals surface area contributed by atoms with Crippen LogP contribution in [0.1, 0.15) is 11.1 Å². The van der Waals surface area contributed by atoms with E-state index in [2.05, 4.69) is 15.5 Å². The van der Waals surface area contributed by atoms with Crippen LogP contribution >= 0.6 is 23.4 Å². The van der Waals surface area contributed by atoms with Gasteiger partial charge in [0.05, 0.1) is 19.4 Å². The van der Waals surface area contributed by atoms with E-state index in [1.807, 2.05) is 36.4 Å². The highest BCUT2D eigenvalue weighted by Gasteiger charge is 2.18. The van der Waals surface area contributed by atoms with Gasteiger partial charge in [0.15, 0.2) is 6.79 Å². The summed E-state index contributed by atoms with van der Waals surface area (Å²) in [6.07, 6.45) is 0. The summed E-state index contributed by atoms with van der Waals surface area (Å²) < 4.78 is 17.8. The maximum Gasteiger partial charge on any atom is 0.214 e. The van der Waals surface area contributed by atoms with Crippen molar-refractivity contribution in [1.29, 1.82) is 0 Å². The molecule has 0 amide bonds. The molecule has 0 radical (unpaired) electrons. The molecule has 1 aliphatic heterocycles. The Bertz CT molecular complexity index is 917. The minimum atomic E-state index is 0.246. The molecule has 134 valence electrons. The van der Waals surface area contributed by atoms with Crippen molar-refractivity contribution in [3.63, 3.8) is 0 Å². The highest BCUT2D eigenvalue weighted by molar-refractivity contribution is 7.98. The summed E-state index contributed by atoms with van der Waals surface area (Å²) in [6.45, 7) is 0.743. The van der Waals surface area contributed by atoms with E-state index in [-0.39, 0.29) is 6.79 Å². The molecule has 0 N–H and O–H groups in total. The number of methoxy groups -OCH3 is 1. The number of thioether (sulfide) groups is 1. The fraction of sp³-hybridized carbons (Fsp3) is 0.235. The molecule has 0 saturated heterocycles. The Morgan fingerprint density at radius 2 is 2.12 bits per heavy atom. The van der Waals surface area contributed by atoms with Crippen LogP contribution in [0, 0.1) is 0 Å². The molecule has 3 aromatic rings. The Balaban J connectivity index is 1.56. The smallest absolute Gasteiger partial charge is 0.214 e. The van der Waals surface area contributed by atoms with Gasteiger partial charge in [0.25, 0.3) is 0 Å². The fourth-order valence-electron chi connectivity index (χ4n) is 2.66. The van der Waals surface area contributed by atoms with E-state index in [9.17, 15) is 0 Å². The number of halogens is 1. The minimum absolute atomic E-state index is 0.246. The van der Waals surface area contributed by atoms with Crippen LogP contribution < -0.4 is 9.47 Å². The van der Waals surface area contributed by atoms with Crippen LogP contribution in [0.25, 0.3) is 5.69 Å². The number of aromatic nitrogens is 4. The van der Waals surface area contributed by atoms with Crippen LogP contribution in [0.5, 0.6) is 11.5 Å². The quantitative estimate of drug-likeness (QED) is 0.617. The normalized spacial score (nSPS) is 13.2. The lowest BCUT2D eigenvalue weighted by Crippen LogP contribution is -2.13. The van der Waals surface area contributed by atoms with E-state index in [0.717, 1.165) is 28.3 Å². The van der Waals surface area contributed by atoms with Crippen LogP contribution in [0.4, 0.5) is 0 Å². The zero-order valence-corrected chi connectivity index (χ0v) is 15.5. The van der Waals surface area contributed by atoms with Crippen molar-refractivity contribution in [3.8, 4) is 17.2 Å². The second-order valence-corrected chi connectivity index (χ2v) is 6.90. The first-order valence-corrected chi connectivity index (χ1v) is 9.18. The van der Waals surface area contributed by atoms with E-state index in [4.69, 9.17) is 25.8 Å². The Hall–Kier alpha value is -2.29. The van der Waals surface area contributed by atoms with Gasteiger partial charge in [-0.2, -0.15) is 4.68 Å². The maximum atomic E-state index is 6.22. The number of ether oxygens (including phenoxy) is 3. The van der Waals surface area contributed by atoms with Crippen LogP contribution in [-0.2, 0) is 17.1 Å². The fourth-order valence-corrected chi connectivity index (χ4v) is 3.78. The number of hydrogen-bond donors (Lipinski definition) is 0. The molecule has 0 atom stereocenters. The van der Waals surface area contributed by atoms with Gasteiger partial charge in [0.2, 0.25) is 5.16 Å². The van der Waals surface area contributed by atoms with Gasteiger partial charge in [-0.25, -0.2) is 0 Å². The van der Waals surface area contributed by atoms with Gasteiger partial charge >= 0.3 is 0 Å². The Morgan fingerprint density at radius 3 is 2.92 bits per heavy atom. The second-order valence-electron chi connectivity index (χ2n) is 5.52. The summed E-state index contributed by atoms with van der Waals surface area (Å²) >= 11 is 7.73. The molecule has 7 nitrogen and oxygen atoms in total. The number of benzene rings is 2. The minimum Gasteiger partial charge on any atom is -0.497 e. The molecular formula is C17H15ClN4O3S. The van der Waals surface area contributed by atoms with Crippen molar-refractivity contribution >= 4 is 23.4 Å². The average molecular weight is 391 g/mol. The van der Waals surface area contributed by atoms with Crippen LogP contribution in [0.15, 0.2) is 41.6 Å². The van der Waals surface area contributed by atoms with E-state index in [1.165, 1.54) is 11.8 Å². The van der Waals surface area contributed by atoms with Gasteiger partial charge in [-0.3, -0.25) is 0 Å². The van der Waals surface area contributed by atoms with E-state index < -0.39 is 0 Å². The molecule has 0 aliphatic carbocycles. The summed E-state index contributed by atoms with van der Waals surface area (Å²) in [5.41, 5.74) is 2.80. The molecule has 9 heteroatoms.